The zero-order chi connectivity index (χ0) is 12.8. The molecule has 0 aromatic rings. The molecule has 0 N–H and O–H groups in total. The zero-order valence-corrected chi connectivity index (χ0v) is 12.9. The van der Waals surface area contributed by atoms with Crippen LogP contribution < -0.4 is 0 Å². The van der Waals surface area contributed by atoms with Crippen LogP contribution in [0.4, 0.5) is 0 Å². The fraction of sp³-hybridized carbons (Fsp3) is 0.800. The van der Waals surface area contributed by atoms with E-state index in [0.717, 1.165) is 24.7 Å². The summed E-state index contributed by atoms with van der Waals surface area (Å²) in [5, 5.41) is 0. The van der Waals surface area contributed by atoms with Crippen molar-refractivity contribution in [2.75, 3.05) is 0 Å². The maximum atomic E-state index is 11.5. The molecule has 0 saturated heterocycles. The molecule has 2 rings (SSSR count). The lowest BCUT2D eigenvalue weighted by Crippen LogP contribution is -2.50. The molecule has 1 fully saturated rings. The highest BCUT2D eigenvalue weighted by atomic mass is 79.9. The first-order valence-corrected chi connectivity index (χ1v) is 7.55. The molecule has 1 nitrogen and oxygen atoms in total. The molecule has 0 aliphatic heterocycles. The van der Waals surface area contributed by atoms with Crippen LogP contribution in [0.3, 0.4) is 0 Å². The van der Waals surface area contributed by atoms with E-state index in [1.54, 1.807) is 0 Å². The second-order valence-corrected chi connectivity index (χ2v) is 7.75. The first-order chi connectivity index (χ1) is 7.84. The second-order valence-electron chi connectivity index (χ2n) is 6.65. The first kappa shape index (κ1) is 13.3. The topological polar surface area (TPSA) is 17.1 Å². The number of hydrogen-bond donors (Lipinski definition) is 0. The van der Waals surface area contributed by atoms with Crippen LogP contribution in [0.5, 0.6) is 0 Å². The minimum atomic E-state index is 0.109. The molecule has 0 amide bonds. The SMILES string of the molecule is CC1=C(C=O)[C@@]2(C)CC[C@H](Br)C(C)(C)[C@@H]2CC1. The molecule has 0 aromatic carbocycles. The number of hydrogen-bond acceptors (Lipinski definition) is 1. The Morgan fingerprint density at radius 1 is 1.29 bits per heavy atom. The summed E-state index contributed by atoms with van der Waals surface area (Å²) in [5.74, 6) is 0.622. The van der Waals surface area contributed by atoms with Crippen LogP contribution in [0.1, 0.15) is 53.4 Å². The van der Waals surface area contributed by atoms with E-state index in [-0.39, 0.29) is 10.8 Å². The number of rotatable bonds is 1. The number of aldehydes is 1. The summed E-state index contributed by atoms with van der Waals surface area (Å²) in [5.41, 5.74) is 2.81. The van der Waals surface area contributed by atoms with E-state index in [0.29, 0.717) is 10.7 Å². The number of halogens is 1. The van der Waals surface area contributed by atoms with Crippen LogP contribution in [-0.2, 0) is 4.79 Å². The summed E-state index contributed by atoms with van der Waals surface area (Å²) >= 11 is 3.85. The van der Waals surface area contributed by atoms with Crippen LogP contribution in [0, 0.1) is 16.7 Å². The predicted molar refractivity (Wildman–Crippen MR) is 75.3 cm³/mol. The normalized spacial score (nSPS) is 41.0. The molecule has 0 bridgehead atoms. The Labute approximate surface area is 113 Å². The summed E-state index contributed by atoms with van der Waals surface area (Å²) < 4.78 is 0. The van der Waals surface area contributed by atoms with Crippen molar-refractivity contribution in [2.45, 2.75) is 58.2 Å². The highest BCUT2D eigenvalue weighted by Gasteiger charge is 2.53. The molecule has 0 aromatic heterocycles. The highest BCUT2D eigenvalue weighted by molar-refractivity contribution is 9.09. The smallest absolute Gasteiger partial charge is 0.146 e. The van der Waals surface area contributed by atoms with Crippen LogP contribution in [0.15, 0.2) is 11.1 Å². The van der Waals surface area contributed by atoms with Crippen molar-refractivity contribution < 1.29 is 4.79 Å². The van der Waals surface area contributed by atoms with E-state index in [1.807, 2.05) is 0 Å². The van der Waals surface area contributed by atoms with Gasteiger partial charge in [-0.3, -0.25) is 4.79 Å². The van der Waals surface area contributed by atoms with Crippen molar-refractivity contribution in [3.63, 3.8) is 0 Å². The van der Waals surface area contributed by atoms with Crippen LogP contribution >= 0.6 is 15.9 Å². The molecule has 3 atom stereocenters. The lowest BCUT2D eigenvalue weighted by molar-refractivity contribution is -0.107. The summed E-state index contributed by atoms with van der Waals surface area (Å²) in [4.78, 5) is 12.0. The largest absolute Gasteiger partial charge is 0.298 e. The van der Waals surface area contributed by atoms with E-state index in [1.165, 1.54) is 18.4 Å². The van der Waals surface area contributed by atoms with Gasteiger partial charge in [0.05, 0.1) is 0 Å². The fourth-order valence-electron chi connectivity index (χ4n) is 4.24. The van der Waals surface area contributed by atoms with Crippen molar-refractivity contribution in [3.8, 4) is 0 Å². The molecule has 96 valence electrons. The van der Waals surface area contributed by atoms with Gasteiger partial charge in [-0.2, -0.15) is 0 Å². The van der Waals surface area contributed by atoms with Crippen molar-refractivity contribution >= 4 is 22.2 Å². The van der Waals surface area contributed by atoms with E-state index < -0.39 is 0 Å². The fourth-order valence-corrected chi connectivity index (χ4v) is 4.79. The second kappa shape index (κ2) is 4.22. The lowest BCUT2D eigenvalue weighted by Gasteiger charge is -2.56. The third-order valence-electron chi connectivity index (χ3n) is 5.39. The monoisotopic (exact) mass is 298 g/mol. The molecule has 0 heterocycles. The van der Waals surface area contributed by atoms with Gasteiger partial charge >= 0.3 is 0 Å². The van der Waals surface area contributed by atoms with E-state index in [9.17, 15) is 4.79 Å². The Hall–Kier alpha value is -0.110. The average molecular weight is 299 g/mol. The van der Waals surface area contributed by atoms with Gasteiger partial charge in [0.25, 0.3) is 0 Å². The molecule has 1 saturated carbocycles. The van der Waals surface area contributed by atoms with Crippen molar-refractivity contribution in [1.82, 2.24) is 0 Å². The summed E-state index contributed by atoms with van der Waals surface area (Å²) in [6.45, 7) is 9.16. The Kier molecular flexibility index (Phi) is 3.31. The van der Waals surface area contributed by atoms with E-state index in [2.05, 4.69) is 43.6 Å². The van der Waals surface area contributed by atoms with Gasteiger partial charge in [-0.05, 0) is 54.9 Å². The van der Waals surface area contributed by atoms with E-state index >= 15 is 0 Å². The Morgan fingerprint density at radius 3 is 2.53 bits per heavy atom. The van der Waals surface area contributed by atoms with Crippen molar-refractivity contribution in [1.29, 1.82) is 0 Å². The highest BCUT2D eigenvalue weighted by Crippen LogP contribution is 2.60. The quantitative estimate of drug-likeness (QED) is 0.514. The standard InChI is InChI=1S/C15H23BrO/c1-10-5-6-12-14(2,3)13(16)7-8-15(12,4)11(10)9-17/h9,12-13H,5-8H2,1-4H3/t12-,13-,15+/m0/s1. The van der Waals surface area contributed by atoms with Gasteiger partial charge in [-0.1, -0.05) is 42.3 Å². The van der Waals surface area contributed by atoms with Crippen LogP contribution in [0.25, 0.3) is 0 Å². The van der Waals surface area contributed by atoms with Crippen molar-refractivity contribution in [2.24, 2.45) is 16.7 Å². The maximum absolute atomic E-state index is 11.5. The van der Waals surface area contributed by atoms with Gasteiger partial charge < -0.3 is 0 Å². The summed E-state index contributed by atoms with van der Waals surface area (Å²) in [7, 11) is 0. The number of carbonyl (C=O) groups is 1. The maximum Gasteiger partial charge on any atom is 0.146 e. The van der Waals surface area contributed by atoms with Gasteiger partial charge in [-0.15, -0.1) is 0 Å². The van der Waals surface area contributed by atoms with Gasteiger partial charge in [0.1, 0.15) is 6.29 Å². The zero-order valence-electron chi connectivity index (χ0n) is 11.3. The third-order valence-corrected chi connectivity index (χ3v) is 7.03. The summed E-state index contributed by atoms with van der Waals surface area (Å²) in [6, 6.07) is 0. The van der Waals surface area contributed by atoms with Gasteiger partial charge in [-0.25, -0.2) is 0 Å². The van der Waals surface area contributed by atoms with Crippen LogP contribution in [0.2, 0.25) is 0 Å². The molecule has 17 heavy (non-hydrogen) atoms. The molecular formula is C15H23BrO. The number of alkyl halides is 1. The predicted octanol–water partition coefficient (Wildman–Crippen LogP) is 4.50. The molecule has 0 spiro atoms. The lowest BCUT2D eigenvalue weighted by atomic mass is 9.50. The minimum absolute atomic E-state index is 0.109. The molecule has 2 heteroatoms. The number of allylic oxidation sites excluding steroid dienone is 2. The Bertz CT molecular complexity index is 369. The number of carbonyl (C=O) groups excluding carboxylic acids is 1. The first-order valence-electron chi connectivity index (χ1n) is 6.63. The van der Waals surface area contributed by atoms with E-state index in [4.69, 9.17) is 0 Å². The molecule has 2 aliphatic carbocycles. The minimum Gasteiger partial charge on any atom is -0.298 e. The van der Waals surface area contributed by atoms with Gasteiger partial charge in [0.2, 0.25) is 0 Å². The van der Waals surface area contributed by atoms with Gasteiger partial charge in [0, 0.05) is 4.83 Å². The Morgan fingerprint density at radius 2 is 1.94 bits per heavy atom. The Balaban J connectivity index is 2.48. The van der Waals surface area contributed by atoms with Crippen LogP contribution in [-0.4, -0.2) is 11.1 Å². The third kappa shape index (κ3) is 1.83. The number of fused-ring (bicyclic) bond motifs is 1. The van der Waals surface area contributed by atoms with Crippen molar-refractivity contribution in [3.05, 3.63) is 11.1 Å². The molecule has 2 aliphatic rings. The summed E-state index contributed by atoms with van der Waals surface area (Å²) in [6.07, 6.45) is 5.77. The average Bonchev–Trinajstić information content (AvgIpc) is 2.24. The molecule has 0 radical (unpaired) electrons. The molecule has 0 unspecified atom stereocenters. The molecular weight excluding hydrogens is 276 g/mol. The van der Waals surface area contributed by atoms with Gasteiger partial charge in [0.15, 0.2) is 0 Å².